The third-order valence-electron chi connectivity index (χ3n) is 4.96. The Morgan fingerprint density at radius 2 is 2.00 bits per heavy atom. The molecule has 0 unspecified atom stereocenters. The van der Waals surface area contributed by atoms with E-state index in [2.05, 4.69) is 24.4 Å². The summed E-state index contributed by atoms with van der Waals surface area (Å²) >= 11 is 0. The SMILES string of the molecule is Cc1ccc2c(c1)CCCN2CC(=O)Nc1c([N+](=O)[O-])ccc(C)c1C. The van der Waals surface area contributed by atoms with Crippen LogP contribution in [0.3, 0.4) is 0 Å². The summed E-state index contributed by atoms with van der Waals surface area (Å²) in [5.41, 5.74) is 5.39. The molecule has 1 N–H and O–H groups in total. The second-order valence-electron chi connectivity index (χ2n) is 6.86. The van der Waals surface area contributed by atoms with E-state index >= 15 is 0 Å². The molecule has 2 aromatic rings. The average molecular weight is 353 g/mol. The van der Waals surface area contributed by atoms with Crippen LogP contribution in [0.25, 0.3) is 0 Å². The summed E-state index contributed by atoms with van der Waals surface area (Å²) in [5.74, 6) is -0.241. The van der Waals surface area contributed by atoms with Crippen LogP contribution in [0.15, 0.2) is 30.3 Å². The maximum Gasteiger partial charge on any atom is 0.293 e. The lowest BCUT2D eigenvalue weighted by Crippen LogP contribution is -2.37. The lowest BCUT2D eigenvalue weighted by Gasteiger charge is -2.31. The van der Waals surface area contributed by atoms with E-state index in [0.29, 0.717) is 5.69 Å². The summed E-state index contributed by atoms with van der Waals surface area (Å²) < 4.78 is 0. The van der Waals surface area contributed by atoms with Crippen LogP contribution in [-0.2, 0) is 11.2 Å². The van der Waals surface area contributed by atoms with E-state index in [1.165, 1.54) is 17.2 Å². The van der Waals surface area contributed by atoms with Crippen molar-refractivity contribution in [1.82, 2.24) is 0 Å². The minimum atomic E-state index is -0.457. The lowest BCUT2D eigenvalue weighted by atomic mass is 9.99. The maximum absolute atomic E-state index is 12.6. The molecular weight excluding hydrogens is 330 g/mol. The standard InChI is InChI=1S/C20H23N3O3/c1-13-6-8-17-16(11-13)5-4-10-22(17)12-19(24)21-20-15(3)14(2)7-9-18(20)23(25)26/h6-9,11H,4-5,10,12H2,1-3H3,(H,21,24). The van der Waals surface area contributed by atoms with Gasteiger partial charge in [-0.1, -0.05) is 23.8 Å². The molecule has 3 rings (SSSR count). The average Bonchev–Trinajstić information content (AvgIpc) is 2.58. The quantitative estimate of drug-likeness (QED) is 0.668. The lowest BCUT2D eigenvalue weighted by molar-refractivity contribution is -0.384. The van der Waals surface area contributed by atoms with E-state index in [0.717, 1.165) is 36.2 Å². The first-order chi connectivity index (χ1) is 12.4. The Bertz CT molecular complexity index is 877. The van der Waals surface area contributed by atoms with Gasteiger partial charge in [0, 0.05) is 18.3 Å². The highest BCUT2D eigenvalue weighted by atomic mass is 16.6. The van der Waals surface area contributed by atoms with Gasteiger partial charge in [0.2, 0.25) is 5.91 Å². The van der Waals surface area contributed by atoms with Gasteiger partial charge in [-0.15, -0.1) is 0 Å². The zero-order valence-corrected chi connectivity index (χ0v) is 15.3. The summed E-state index contributed by atoms with van der Waals surface area (Å²) in [6.07, 6.45) is 2.00. The van der Waals surface area contributed by atoms with E-state index in [9.17, 15) is 14.9 Å². The van der Waals surface area contributed by atoms with Crippen molar-refractivity contribution in [3.05, 3.63) is 62.7 Å². The highest BCUT2D eigenvalue weighted by Gasteiger charge is 2.23. The van der Waals surface area contributed by atoms with Gasteiger partial charge in [-0.25, -0.2) is 0 Å². The number of nitro benzene ring substituents is 1. The van der Waals surface area contributed by atoms with Crippen LogP contribution in [-0.4, -0.2) is 23.9 Å². The van der Waals surface area contributed by atoms with E-state index in [-0.39, 0.29) is 18.1 Å². The van der Waals surface area contributed by atoms with Gasteiger partial charge in [0.15, 0.2) is 0 Å². The summed E-state index contributed by atoms with van der Waals surface area (Å²) in [7, 11) is 0. The number of anilines is 2. The molecule has 0 saturated heterocycles. The number of amides is 1. The summed E-state index contributed by atoms with van der Waals surface area (Å²) in [5, 5.41) is 14.1. The predicted molar refractivity (Wildman–Crippen MR) is 103 cm³/mol. The summed E-state index contributed by atoms with van der Waals surface area (Å²) in [4.78, 5) is 25.5. The van der Waals surface area contributed by atoms with Crippen LogP contribution >= 0.6 is 0 Å². The molecule has 1 aliphatic heterocycles. The topological polar surface area (TPSA) is 75.5 Å². The van der Waals surface area contributed by atoms with Crippen LogP contribution in [0.2, 0.25) is 0 Å². The number of nitrogens with one attached hydrogen (secondary N) is 1. The van der Waals surface area contributed by atoms with Gasteiger partial charge < -0.3 is 10.2 Å². The molecule has 6 nitrogen and oxygen atoms in total. The number of fused-ring (bicyclic) bond motifs is 1. The Labute approximate surface area is 153 Å². The molecule has 1 amide bonds. The molecule has 1 aliphatic rings. The fourth-order valence-electron chi connectivity index (χ4n) is 3.43. The third-order valence-corrected chi connectivity index (χ3v) is 4.96. The molecule has 6 heteroatoms. The Hall–Kier alpha value is -2.89. The van der Waals surface area contributed by atoms with Crippen LogP contribution in [0.1, 0.15) is 28.7 Å². The molecule has 0 radical (unpaired) electrons. The zero-order chi connectivity index (χ0) is 18.8. The number of carbonyl (C=O) groups excluding carboxylic acids is 1. The molecule has 136 valence electrons. The number of aryl methyl sites for hydroxylation is 3. The van der Waals surface area contributed by atoms with E-state index in [4.69, 9.17) is 0 Å². The van der Waals surface area contributed by atoms with Gasteiger partial charge in [-0.05, 0) is 56.4 Å². The molecule has 0 atom stereocenters. The third kappa shape index (κ3) is 3.54. The van der Waals surface area contributed by atoms with Crippen molar-refractivity contribution in [2.24, 2.45) is 0 Å². The highest BCUT2D eigenvalue weighted by Crippen LogP contribution is 2.31. The van der Waals surface area contributed by atoms with Crippen molar-refractivity contribution in [2.45, 2.75) is 33.6 Å². The molecule has 0 aliphatic carbocycles. The largest absolute Gasteiger partial charge is 0.362 e. The van der Waals surface area contributed by atoms with E-state index in [1.54, 1.807) is 13.0 Å². The van der Waals surface area contributed by atoms with Gasteiger partial charge in [0.1, 0.15) is 5.69 Å². The zero-order valence-electron chi connectivity index (χ0n) is 15.3. The predicted octanol–water partition coefficient (Wildman–Crippen LogP) is 3.91. The first kappa shape index (κ1) is 17.9. The fourth-order valence-corrected chi connectivity index (χ4v) is 3.43. The molecule has 0 fully saturated rings. The molecule has 0 saturated carbocycles. The second-order valence-corrected chi connectivity index (χ2v) is 6.86. The van der Waals surface area contributed by atoms with Crippen LogP contribution in [0, 0.1) is 30.9 Å². The Morgan fingerprint density at radius 1 is 1.23 bits per heavy atom. The van der Waals surface area contributed by atoms with Crippen molar-refractivity contribution >= 4 is 23.0 Å². The number of hydrogen-bond acceptors (Lipinski definition) is 4. The van der Waals surface area contributed by atoms with Gasteiger partial charge in [0.25, 0.3) is 5.69 Å². The molecule has 1 heterocycles. The van der Waals surface area contributed by atoms with Gasteiger partial charge in [0.05, 0.1) is 11.5 Å². The normalized spacial score (nSPS) is 13.3. The number of carbonyl (C=O) groups is 1. The summed E-state index contributed by atoms with van der Waals surface area (Å²) in [6.45, 7) is 6.71. The minimum absolute atomic E-state index is 0.0730. The van der Waals surface area contributed by atoms with Crippen LogP contribution in [0.4, 0.5) is 17.1 Å². The first-order valence-electron chi connectivity index (χ1n) is 8.75. The Kier molecular flexibility index (Phi) is 4.93. The molecule has 0 aromatic heterocycles. The molecule has 26 heavy (non-hydrogen) atoms. The molecule has 2 aromatic carbocycles. The number of hydrogen-bond donors (Lipinski definition) is 1. The summed E-state index contributed by atoms with van der Waals surface area (Å²) in [6, 6.07) is 9.40. The van der Waals surface area contributed by atoms with Gasteiger partial charge >= 0.3 is 0 Å². The number of rotatable bonds is 4. The monoisotopic (exact) mass is 353 g/mol. The maximum atomic E-state index is 12.6. The van der Waals surface area contributed by atoms with E-state index < -0.39 is 4.92 Å². The highest BCUT2D eigenvalue weighted by molar-refractivity contribution is 5.97. The first-order valence-corrected chi connectivity index (χ1v) is 8.75. The Balaban J connectivity index is 1.81. The Morgan fingerprint density at radius 3 is 2.73 bits per heavy atom. The van der Waals surface area contributed by atoms with Crippen molar-refractivity contribution in [1.29, 1.82) is 0 Å². The molecule has 0 spiro atoms. The number of benzene rings is 2. The van der Waals surface area contributed by atoms with Crippen molar-refractivity contribution in [3.8, 4) is 0 Å². The van der Waals surface area contributed by atoms with Crippen LogP contribution < -0.4 is 10.2 Å². The van der Waals surface area contributed by atoms with Crippen molar-refractivity contribution < 1.29 is 9.72 Å². The van der Waals surface area contributed by atoms with Crippen molar-refractivity contribution in [2.75, 3.05) is 23.3 Å². The van der Waals surface area contributed by atoms with Crippen LogP contribution in [0.5, 0.6) is 0 Å². The smallest absolute Gasteiger partial charge is 0.293 e. The molecular formula is C20H23N3O3. The second kappa shape index (κ2) is 7.15. The van der Waals surface area contributed by atoms with Gasteiger partial charge in [-0.2, -0.15) is 0 Å². The van der Waals surface area contributed by atoms with E-state index in [1.807, 2.05) is 17.9 Å². The fraction of sp³-hybridized carbons (Fsp3) is 0.350. The van der Waals surface area contributed by atoms with Crippen molar-refractivity contribution in [3.63, 3.8) is 0 Å². The van der Waals surface area contributed by atoms with Gasteiger partial charge in [-0.3, -0.25) is 14.9 Å². The minimum Gasteiger partial charge on any atom is -0.362 e. The molecule has 0 bridgehead atoms. The number of nitro groups is 1. The number of nitrogens with zero attached hydrogens (tertiary/aromatic N) is 2.